The summed E-state index contributed by atoms with van der Waals surface area (Å²) in [6.45, 7) is 4.08. The van der Waals surface area contributed by atoms with E-state index in [1.807, 2.05) is 68.4 Å². The molecule has 5 nitrogen and oxygen atoms in total. The fourth-order valence-electron chi connectivity index (χ4n) is 2.82. The normalized spacial score (nSPS) is 12.1. The van der Waals surface area contributed by atoms with Crippen molar-refractivity contribution in [3.8, 4) is 11.3 Å². The highest BCUT2D eigenvalue weighted by Crippen LogP contribution is 2.22. The number of oxazole rings is 1. The molecular weight excluding hydrogens is 326 g/mol. The first kappa shape index (κ1) is 17.9. The molecule has 0 fully saturated rings. The minimum absolute atomic E-state index is 0.0581. The first-order valence-electron chi connectivity index (χ1n) is 8.71. The lowest BCUT2D eigenvalue weighted by Gasteiger charge is -2.21. The molecule has 0 radical (unpaired) electrons. The molecule has 3 rings (SSSR count). The van der Waals surface area contributed by atoms with Gasteiger partial charge in [0.1, 0.15) is 0 Å². The smallest absolute Gasteiger partial charge is 0.241 e. The molecule has 134 valence electrons. The zero-order valence-electron chi connectivity index (χ0n) is 15.0. The van der Waals surface area contributed by atoms with Crippen molar-refractivity contribution in [3.05, 3.63) is 72.8 Å². The van der Waals surface area contributed by atoms with E-state index in [0.29, 0.717) is 12.2 Å². The highest BCUT2D eigenvalue weighted by atomic mass is 16.3. The predicted molar refractivity (Wildman–Crippen MR) is 103 cm³/mol. The van der Waals surface area contributed by atoms with Crippen molar-refractivity contribution in [2.24, 2.45) is 0 Å². The van der Waals surface area contributed by atoms with E-state index in [9.17, 15) is 4.79 Å². The lowest BCUT2D eigenvalue weighted by molar-refractivity contribution is -0.118. The van der Waals surface area contributed by atoms with Crippen LogP contribution in [-0.2, 0) is 11.2 Å². The van der Waals surface area contributed by atoms with E-state index < -0.39 is 0 Å². The fraction of sp³-hybridized carbons (Fsp3) is 0.238. The third-order valence-corrected chi connectivity index (χ3v) is 3.98. The van der Waals surface area contributed by atoms with Crippen LogP contribution in [0.3, 0.4) is 0 Å². The maximum atomic E-state index is 12.8. The molecule has 1 unspecified atom stereocenters. The summed E-state index contributed by atoms with van der Waals surface area (Å²) in [5.41, 5.74) is 2.72. The number of carbonyl (C=O) groups is 1. The SMILES string of the molecule is CC(C)NC(Cc1ccccc1)C(=O)Nc1cccc(-c2cnco2)c1. The minimum Gasteiger partial charge on any atom is -0.444 e. The molecule has 2 N–H and O–H groups in total. The van der Waals surface area contributed by atoms with Gasteiger partial charge < -0.3 is 15.1 Å². The van der Waals surface area contributed by atoms with Gasteiger partial charge in [0.15, 0.2) is 12.2 Å². The van der Waals surface area contributed by atoms with Crippen LogP contribution in [0.5, 0.6) is 0 Å². The Balaban J connectivity index is 1.74. The number of rotatable bonds is 7. The fourth-order valence-corrected chi connectivity index (χ4v) is 2.82. The molecule has 1 amide bonds. The van der Waals surface area contributed by atoms with Crippen LogP contribution in [0.2, 0.25) is 0 Å². The molecule has 0 saturated heterocycles. The number of hydrogen-bond donors (Lipinski definition) is 2. The van der Waals surface area contributed by atoms with Gasteiger partial charge in [0, 0.05) is 17.3 Å². The summed E-state index contributed by atoms with van der Waals surface area (Å²) >= 11 is 0. The molecule has 26 heavy (non-hydrogen) atoms. The summed E-state index contributed by atoms with van der Waals surface area (Å²) in [7, 11) is 0. The molecule has 1 heterocycles. The Hall–Kier alpha value is -2.92. The van der Waals surface area contributed by atoms with Crippen LogP contribution in [-0.4, -0.2) is 23.0 Å². The first-order valence-corrected chi connectivity index (χ1v) is 8.71. The summed E-state index contributed by atoms with van der Waals surface area (Å²) in [4.78, 5) is 16.8. The second-order valence-corrected chi connectivity index (χ2v) is 6.50. The second kappa shape index (κ2) is 8.45. The molecule has 2 aromatic carbocycles. The molecule has 0 bridgehead atoms. The van der Waals surface area contributed by atoms with E-state index in [-0.39, 0.29) is 18.0 Å². The molecule has 0 spiro atoms. The quantitative estimate of drug-likeness (QED) is 0.679. The van der Waals surface area contributed by atoms with Gasteiger partial charge in [-0.1, -0.05) is 56.3 Å². The van der Waals surface area contributed by atoms with E-state index in [1.54, 1.807) is 6.20 Å². The molecule has 0 aliphatic heterocycles. The van der Waals surface area contributed by atoms with Crippen LogP contribution in [0.1, 0.15) is 19.4 Å². The number of amides is 1. The number of aromatic nitrogens is 1. The van der Waals surface area contributed by atoms with Gasteiger partial charge in [-0.3, -0.25) is 4.79 Å². The number of nitrogens with zero attached hydrogens (tertiary/aromatic N) is 1. The van der Waals surface area contributed by atoms with Gasteiger partial charge in [0.2, 0.25) is 5.91 Å². The third kappa shape index (κ3) is 4.80. The van der Waals surface area contributed by atoms with E-state index in [0.717, 1.165) is 16.8 Å². The second-order valence-electron chi connectivity index (χ2n) is 6.50. The third-order valence-electron chi connectivity index (χ3n) is 3.98. The highest BCUT2D eigenvalue weighted by Gasteiger charge is 2.20. The van der Waals surface area contributed by atoms with Gasteiger partial charge in [0.05, 0.1) is 12.2 Å². The van der Waals surface area contributed by atoms with Crippen LogP contribution in [0.15, 0.2) is 71.6 Å². The zero-order chi connectivity index (χ0) is 18.4. The summed E-state index contributed by atoms with van der Waals surface area (Å²) in [5, 5.41) is 6.36. The summed E-state index contributed by atoms with van der Waals surface area (Å²) in [6, 6.07) is 17.5. The maximum absolute atomic E-state index is 12.8. The first-order chi connectivity index (χ1) is 12.6. The van der Waals surface area contributed by atoms with Gasteiger partial charge in [0.25, 0.3) is 0 Å². The number of benzene rings is 2. The van der Waals surface area contributed by atoms with Gasteiger partial charge >= 0.3 is 0 Å². The monoisotopic (exact) mass is 349 g/mol. The van der Waals surface area contributed by atoms with Crippen LogP contribution < -0.4 is 10.6 Å². The van der Waals surface area contributed by atoms with Crippen molar-refractivity contribution in [2.75, 3.05) is 5.32 Å². The van der Waals surface area contributed by atoms with Gasteiger partial charge in [-0.05, 0) is 24.1 Å². The molecule has 1 atom stereocenters. The number of anilines is 1. The molecule has 3 aromatic rings. The lowest BCUT2D eigenvalue weighted by atomic mass is 10.0. The Morgan fingerprint density at radius 3 is 2.62 bits per heavy atom. The molecule has 5 heteroatoms. The standard InChI is InChI=1S/C21H23N3O2/c1-15(2)23-19(11-16-7-4-3-5-8-16)21(25)24-18-10-6-9-17(12-18)20-13-22-14-26-20/h3-10,12-15,19,23H,11H2,1-2H3,(H,24,25). The van der Waals surface area contributed by atoms with Crippen molar-refractivity contribution in [1.29, 1.82) is 0 Å². The van der Waals surface area contributed by atoms with E-state index in [4.69, 9.17) is 4.42 Å². The number of nitrogens with one attached hydrogen (secondary N) is 2. The van der Waals surface area contributed by atoms with Gasteiger partial charge in [-0.15, -0.1) is 0 Å². The van der Waals surface area contributed by atoms with Crippen molar-refractivity contribution in [3.63, 3.8) is 0 Å². The van der Waals surface area contributed by atoms with Crippen molar-refractivity contribution < 1.29 is 9.21 Å². The molecule has 0 aliphatic rings. The Bertz CT molecular complexity index is 829. The van der Waals surface area contributed by atoms with Gasteiger partial charge in [-0.2, -0.15) is 0 Å². The van der Waals surface area contributed by atoms with E-state index in [1.165, 1.54) is 6.39 Å². The number of carbonyl (C=O) groups excluding carboxylic acids is 1. The average molecular weight is 349 g/mol. The molecule has 0 aliphatic carbocycles. The Morgan fingerprint density at radius 2 is 1.92 bits per heavy atom. The highest BCUT2D eigenvalue weighted by molar-refractivity contribution is 5.95. The summed E-state index contributed by atoms with van der Waals surface area (Å²) in [6.07, 6.45) is 3.68. The molecular formula is C21H23N3O2. The van der Waals surface area contributed by atoms with E-state index >= 15 is 0 Å². The maximum Gasteiger partial charge on any atom is 0.241 e. The molecule has 1 aromatic heterocycles. The van der Waals surface area contributed by atoms with Crippen molar-refractivity contribution in [2.45, 2.75) is 32.4 Å². The largest absolute Gasteiger partial charge is 0.444 e. The van der Waals surface area contributed by atoms with Crippen molar-refractivity contribution >= 4 is 11.6 Å². The summed E-state index contributed by atoms with van der Waals surface area (Å²) in [5.74, 6) is 0.611. The number of hydrogen-bond acceptors (Lipinski definition) is 4. The van der Waals surface area contributed by atoms with Crippen LogP contribution in [0, 0.1) is 0 Å². The van der Waals surface area contributed by atoms with E-state index in [2.05, 4.69) is 15.6 Å². The predicted octanol–water partition coefficient (Wildman–Crippen LogP) is 3.89. The van der Waals surface area contributed by atoms with Crippen LogP contribution >= 0.6 is 0 Å². The Kier molecular flexibility index (Phi) is 5.81. The molecule has 0 saturated carbocycles. The Labute approximate surface area is 153 Å². The zero-order valence-corrected chi connectivity index (χ0v) is 15.0. The van der Waals surface area contributed by atoms with Gasteiger partial charge in [-0.25, -0.2) is 4.98 Å². The minimum atomic E-state index is -0.314. The summed E-state index contributed by atoms with van der Waals surface area (Å²) < 4.78 is 5.32. The van der Waals surface area contributed by atoms with Crippen LogP contribution in [0.4, 0.5) is 5.69 Å². The van der Waals surface area contributed by atoms with Crippen molar-refractivity contribution in [1.82, 2.24) is 10.3 Å². The topological polar surface area (TPSA) is 67.2 Å². The lowest BCUT2D eigenvalue weighted by Crippen LogP contribution is -2.45. The average Bonchev–Trinajstić information content (AvgIpc) is 3.17. The Morgan fingerprint density at radius 1 is 1.12 bits per heavy atom. The van der Waals surface area contributed by atoms with Crippen LogP contribution in [0.25, 0.3) is 11.3 Å².